The average Bonchev–Trinajstić information content (AvgIpc) is 3.56. The van der Waals surface area contributed by atoms with Gasteiger partial charge in [0.2, 0.25) is 11.8 Å². The van der Waals surface area contributed by atoms with Crippen LogP contribution in [0.4, 0.5) is 5.69 Å². The molecule has 0 unspecified atom stereocenters. The van der Waals surface area contributed by atoms with Gasteiger partial charge in [-0.15, -0.1) is 0 Å². The van der Waals surface area contributed by atoms with Gasteiger partial charge in [-0.2, -0.15) is 0 Å². The lowest BCUT2D eigenvalue weighted by molar-refractivity contribution is -0.140. The molecule has 11 heteroatoms. The van der Waals surface area contributed by atoms with Crippen LogP contribution >= 0.6 is 34.8 Å². The summed E-state index contributed by atoms with van der Waals surface area (Å²) < 4.78 is 29.5. The first kappa shape index (κ1) is 34.8. The zero-order chi connectivity index (χ0) is 33.6. The molecule has 4 aromatic carbocycles. The van der Waals surface area contributed by atoms with Crippen molar-refractivity contribution in [3.05, 3.63) is 129 Å². The van der Waals surface area contributed by atoms with Crippen LogP contribution in [0.1, 0.15) is 42.4 Å². The smallest absolute Gasteiger partial charge is 0.264 e. The minimum absolute atomic E-state index is 0.00701. The van der Waals surface area contributed by atoms with Crippen LogP contribution in [0.3, 0.4) is 0 Å². The van der Waals surface area contributed by atoms with Gasteiger partial charge in [0.1, 0.15) is 12.6 Å². The van der Waals surface area contributed by atoms with Crippen molar-refractivity contribution in [3.8, 4) is 0 Å². The Bertz CT molecular complexity index is 1820. The molecule has 5 rings (SSSR count). The molecule has 1 atom stereocenters. The van der Waals surface area contributed by atoms with E-state index in [0.29, 0.717) is 10.6 Å². The van der Waals surface area contributed by atoms with Crippen molar-refractivity contribution in [2.75, 3.05) is 10.8 Å². The quantitative estimate of drug-likeness (QED) is 0.162. The number of amides is 2. The third-order valence-electron chi connectivity index (χ3n) is 8.28. The number of nitrogens with zero attached hydrogens (tertiary/aromatic N) is 2. The second-order valence-electron chi connectivity index (χ2n) is 11.8. The molecule has 1 N–H and O–H groups in total. The summed E-state index contributed by atoms with van der Waals surface area (Å²) in [5, 5.41) is 3.98. The van der Waals surface area contributed by atoms with Crippen molar-refractivity contribution < 1.29 is 18.0 Å². The van der Waals surface area contributed by atoms with Gasteiger partial charge < -0.3 is 10.2 Å². The van der Waals surface area contributed by atoms with Crippen molar-refractivity contribution >= 4 is 62.3 Å². The second-order valence-corrected chi connectivity index (χ2v) is 14.9. The molecule has 0 aliphatic heterocycles. The first-order valence-corrected chi connectivity index (χ1v) is 18.0. The molecule has 1 aliphatic rings. The first-order chi connectivity index (χ1) is 22.5. The average molecular weight is 713 g/mol. The molecule has 2 amide bonds. The van der Waals surface area contributed by atoms with Crippen LogP contribution in [0.25, 0.3) is 0 Å². The van der Waals surface area contributed by atoms with E-state index in [2.05, 4.69) is 5.32 Å². The Morgan fingerprint density at radius 3 is 2.17 bits per heavy atom. The van der Waals surface area contributed by atoms with Gasteiger partial charge in [0.05, 0.1) is 15.6 Å². The molecule has 47 heavy (non-hydrogen) atoms. The van der Waals surface area contributed by atoms with Crippen LogP contribution in [0.5, 0.6) is 0 Å². The maximum Gasteiger partial charge on any atom is 0.264 e. The fourth-order valence-corrected chi connectivity index (χ4v) is 7.86. The summed E-state index contributed by atoms with van der Waals surface area (Å²) in [6, 6.07) is 26.3. The molecule has 0 heterocycles. The lowest BCUT2D eigenvalue weighted by atomic mass is 10.0. The van der Waals surface area contributed by atoms with E-state index in [1.54, 1.807) is 36.4 Å². The third kappa shape index (κ3) is 8.87. The van der Waals surface area contributed by atoms with E-state index in [9.17, 15) is 18.0 Å². The summed E-state index contributed by atoms with van der Waals surface area (Å²) in [7, 11) is -4.32. The minimum atomic E-state index is -4.32. The first-order valence-electron chi connectivity index (χ1n) is 15.4. The Kier molecular flexibility index (Phi) is 11.5. The summed E-state index contributed by atoms with van der Waals surface area (Å²) in [5.74, 6) is -0.899. The second kappa shape index (κ2) is 15.6. The van der Waals surface area contributed by atoms with E-state index >= 15 is 0 Å². The maximum atomic E-state index is 14.6. The predicted octanol–water partition coefficient (Wildman–Crippen LogP) is 7.85. The van der Waals surface area contributed by atoms with Gasteiger partial charge in [-0.25, -0.2) is 8.42 Å². The monoisotopic (exact) mass is 711 g/mol. The molecule has 1 aliphatic carbocycles. The lowest BCUT2D eigenvalue weighted by Crippen LogP contribution is -2.54. The summed E-state index contributed by atoms with van der Waals surface area (Å²) in [6.45, 7) is 1.22. The van der Waals surface area contributed by atoms with Gasteiger partial charge in [0.25, 0.3) is 10.0 Å². The summed E-state index contributed by atoms with van der Waals surface area (Å²) in [5.41, 5.74) is 2.46. The van der Waals surface area contributed by atoms with Crippen molar-refractivity contribution in [2.24, 2.45) is 0 Å². The van der Waals surface area contributed by atoms with Gasteiger partial charge in [0, 0.05) is 29.1 Å². The number of nitrogens with one attached hydrogen (secondary N) is 1. The number of hydrogen-bond donors (Lipinski definition) is 1. The van der Waals surface area contributed by atoms with Gasteiger partial charge in [-0.1, -0.05) is 108 Å². The van der Waals surface area contributed by atoms with E-state index in [-0.39, 0.29) is 45.5 Å². The highest BCUT2D eigenvalue weighted by atomic mass is 35.5. The Labute approximate surface area is 291 Å². The molecular weight excluding hydrogens is 677 g/mol. The summed E-state index contributed by atoms with van der Waals surface area (Å²) in [6.07, 6.45) is 3.98. The lowest BCUT2D eigenvalue weighted by Gasteiger charge is -2.34. The van der Waals surface area contributed by atoms with Crippen LogP contribution in [-0.2, 0) is 32.6 Å². The number of rotatable bonds is 12. The molecule has 0 saturated heterocycles. The number of benzene rings is 4. The van der Waals surface area contributed by atoms with E-state index in [4.69, 9.17) is 34.8 Å². The number of carbonyl (C=O) groups excluding carboxylic acids is 2. The Morgan fingerprint density at radius 1 is 0.830 bits per heavy atom. The molecule has 4 aromatic rings. The van der Waals surface area contributed by atoms with Gasteiger partial charge in [0.15, 0.2) is 0 Å². The Hall–Kier alpha value is -3.56. The molecule has 7 nitrogen and oxygen atoms in total. The number of sulfonamides is 1. The van der Waals surface area contributed by atoms with E-state index in [0.717, 1.165) is 41.1 Å². The fourth-order valence-electron chi connectivity index (χ4n) is 5.78. The van der Waals surface area contributed by atoms with Crippen LogP contribution in [0, 0.1) is 6.92 Å². The SMILES string of the molecule is Cc1ccc(S(=O)(=O)N(CC(=O)N(Cc2cccc(Cl)c2)[C@@H](Cc2ccccc2)C(=O)NC2CCCC2)c2cc(Cl)ccc2Cl)cc1. The highest BCUT2D eigenvalue weighted by molar-refractivity contribution is 7.92. The predicted molar refractivity (Wildman–Crippen MR) is 189 cm³/mol. The van der Waals surface area contributed by atoms with Crippen LogP contribution in [-0.4, -0.2) is 43.8 Å². The Balaban J connectivity index is 1.59. The molecule has 246 valence electrons. The number of carbonyl (C=O) groups is 2. The largest absolute Gasteiger partial charge is 0.352 e. The van der Waals surface area contributed by atoms with Crippen LogP contribution < -0.4 is 9.62 Å². The molecule has 0 bridgehead atoms. The summed E-state index contributed by atoms with van der Waals surface area (Å²) in [4.78, 5) is 30.2. The molecule has 1 saturated carbocycles. The van der Waals surface area contributed by atoms with Crippen LogP contribution in [0.15, 0.2) is 102 Å². The zero-order valence-corrected chi connectivity index (χ0v) is 29.0. The molecule has 0 aromatic heterocycles. The summed E-state index contributed by atoms with van der Waals surface area (Å²) >= 11 is 19.2. The minimum Gasteiger partial charge on any atom is -0.352 e. The fraction of sp³-hybridized carbons (Fsp3) is 0.278. The van der Waals surface area contributed by atoms with E-state index in [1.165, 1.54) is 29.2 Å². The normalized spacial score (nSPS) is 14.0. The molecule has 1 fully saturated rings. The van der Waals surface area contributed by atoms with E-state index < -0.39 is 28.5 Å². The van der Waals surface area contributed by atoms with E-state index in [1.807, 2.05) is 43.3 Å². The number of aryl methyl sites for hydroxylation is 1. The Morgan fingerprint density at radius 2 is 1.49 bits per heavy atom. The standard InChI is InChI=1S/C36H36Cl3N3O4S/c1-25-14-17-31(18-15-25)47(45,46)42(33-22-29(38)16-19-32(33)39)24-35(43)41(23-27-10-7-11-28(37)20-27)34(21-26-8-3-2-4-9-26)36(44)40-30-12-5-6-13-30/h2-4,7-11,14-20,22,30,34H,5-6,12-13,21,23-24H2,1H3,(H,40,44)/t34-/m0/s1. The van der Waals surface area contributed by atoms with Gasteiger partial charge in [-0.3, -0.25) is 13.9 Å². The highest BCUT2D eigenvalue weighted by Gasteiger charge is 2.36. The van der Waals surface area contributed by atoms with Crippen molar-refractivity contribution in [1.82, 2.24) is 10.2 Å². The highest BCUT2D eigenvalue weighted by Crippen LogP contribution is 2.33. The van der Waals surface area contributed by atoms with Gasteiger partial charge >= 0.3 is 0 Å². The van der Waals surface area contributed by atoms with Crippen molar-refractivity contribution in [3.63, 3.8) is 0 Å². The molecule has 0 radical (unpaired) electrons. The third-order valence-corrected chi connectivity index (χ3v) is 10.8. The maximum absolute atomic E-state index is 14.6. The number of anilines is 1. The van der Waals surface area contributed by atoms with Crippen molar-refractivity contribution in [2.45, 2.75) is 62.6 Å². The molecular formula is C36H36Cl3N3O4S. The number of hydrogen-bond acceptors (Lipinski definition) is 4. The number of halogens is 3. The van der Waals surface area contributed by atoms with Crippen molar-refractivity contribution in [1.29, 1.82) is 0 Å². The zero-order valence-electron chi connectivity index (χ0n) is 25.9. The molecule has 0 spiro atoms. The van der Waals surface area contributed by atoms with Gasteiger partial charge in [-0.05, 0) is 73.4 Å². The topological polar surface area (TPSA) is 86.8 Å². The van der Waals surface area contributed by atoms with Crippen LogP contribution in [0.2, 0.25) is 15.1 Å².